The first-order valence-electron chi connectivity index (χ1n) is 6.97. The number of sulfonamides is 1. The fraction of sp³-hybridized carbons (Fsp3) is 0.571. The van der Waals surface area contributed by atoms with E-state index in [0.29, 0.717) is 29.7 Å². The summed E-state index contributed by atoms with van der Waals surface area (Å²) in [4.78, 5) is 0. The molecule has 0 amide bonds. The van der Waals surface area contributed by atoms with E-state index in [1.165, 1.54) is 10.6 Å². The standard InChI is InChI=1S/C14H20Cl2N2O3S/c1-18(22(2,19)20)9-14-11(8-17-5-6-21-14)10-3-4-12(15)13(16)7-10/h3-4,7,11,14,17H,5-6,8-9H2,1-2H3. The van der Waals surface area contributed by atoms with Gasteiger partial charge in [-0.1, -0.05) is 29.3 Å². The van der Waals surface area contributed by atoms with E-state index in [9.17, 15) is 8.42 Å². The second-order valence-corrected chi connectivity index (χ2v) is 8.34. The zero-order valence-electron chi connectivity index (χ0n) is 12.6. The summed E-state index contributed by atoms with van der Waals surface area (Å²) < 4.78 is 30.5. The van der Waals surface area contributed by atoms with Gasteiger partial charge in [-0.3, -0.25) is 0 Å². The molecule has 1 aliphatic heterocycles. The summed E-state index contributed by atoms with van der Waals surface area (Å²) in [5, 5.41) is 4.29. The molecule has 22 heavy (non-hydrogen) atoms. The van der Waals surface area contributed by atoms with E-state index in [-0.39, 0.29) is 12.0 Å². The third-order valence-electron chi connectivity index (χ3n) is 3.80. The van der Waals surface area contributed by atoms with Gasteiger partial charge >= 0.3 is 0 Å². The van der Waals surface area contributed by atoms with Crippen LogP contribution in [-0.2, 0) is 14.8 Å². The van der Waals surface area contributed by atoms with Crippen molar-refractivity contribution in [2.45, 2.75) is 12.0 Å². The summed E-state index contributed by atoms with van der Waals surface area (Å²) >= 11 is 12.1. The zero-order valence-corrected chi connectivity index (χ0v) is 14.9. The Labute approximate surface area is 141 Å². The Morgan fingerprint density at radius 3 is 2.73 bits per heavy atom. The van der Waals surface area contributed by atoms with Gasteiger partial charge in [0, 0.05) is 32.6 Å². The lowest BCUT2D eigenvalue weighted by Gasteiger charge is -2.28. The molecule has 0 aromatic heterocycles. The lowest BCUT2D eigenvalue weighted by Crippen LogP contribution is -2.39. The maximum absolute atomic E-state index is 11.6. The number of halogens is 2. The fourth-order valence-electron chi connectivity index (χ4n) is 2.43. The highest BCUT2D eigenvalue weighted by Gasteiger charge is 2.29. The highest BCUT2D eigenvalue weighted by Crippen LogP contribution is 2.30. The van der Waals surface area contributed by atoms with Crippen LogP contribution in [0.4, 0.5) is 0 Å². The molecule has 2 unspecified atom stereocenters. The number of nitrogens with one attached hydrogen (secondary N) is 1. The van der Waals surface area contributed by atoms with Crippen LogP contribution in [0.3, 0.4) is 0 Å². The normalized spacial score (nSPS) is 23.5. The van der Waals surface area contributed by atoms with Crippen LogP contribution in [0.2, 0.25) is 10.0 Å². The fourth-order valence-corrected chi connectivity index (χ4v) is 3.16. The van der Waals surface area contributed by atoms with Crippen molar-refractivity contribution in [1.82, 2.24) is 9.62 Å². The summed E-state index contributed by atoms with van der Waals surface area (Å²) in [6, 6.07) is 5.47. The van der Waals surface area contributed by atoms with Gasteiger partial charge in [0.05, 0.1) is 29.0 Å². The van der Waals surface area contributed by atoms with E-state index < -0.39 is 10.0 Å². The summed E-state index contributed by atoms with van der Waals surface area (Å²) in [7, 11) is -1.69. The number of likely N-dealkylation sites (N-methyl/N-ethyl adjacent to an activating group) is 1. The molecule has 1 aliphatic rings. The molecule has 2 rings (SSSR count). The van der Waals surface area contributed by atoms with Crippen molar-refractivity contribution >= 4 is 33.2 Å². The van der Waals surface area contributed by atoms with Crippen LogP contribution in [0.25, 0.3) is 0 Å². The van der Waals surface area contributed by atoms with Gasteiger partial charge in [0.25, 0.3) is 0 Å². The first-order chi connectivity index (χ1) is 10.3. The minimum atomic E-state index is -3.25. The monoisotopic (exact) mass is 366 g/mol. The topological polar surface area (TPSA) is 58.6 Å². The molecule has 0 saturated carbocycles. The average Bonchev–Trinajstić information content (AvgIpc) is 2.66. The molecule has 1 aromatic carbocycles. The number of hydrogen-bond acceptors (Lipinski definition) is 4. The van der Waals surface area contributed by atoms with E-state index in [4.69, 9.17) is 27.9 Å². The number of benzene rings is 1. The molecule has 5 nitrogen and oxygen atoms in total. The molecule has 1 aromatic rings. The van der Waals surface area contributed by atoms with Crippen LogP contribution in [-0.4, -0.2) is 58.4 Å². The molecule has 0 aliphatic carbocycles. The van der Waals surface area contributed by atoms with Gasteiger partial charge < -0.3 is 10.1 Å². The van der Waals surface area contributed by atoms with Crippen molar-refractivity contribution in [2.75, 3.05) is 39.5 Å². The molecular weight excluding hydrogens is 347 g/mol. The largest absolute Gasteiger partial charge is 0.375 e. The minimum absolute atomic E-state index is 0.00136. The van der Waals surface area contributed by atoms with Gasteiger partial charge in [-0.15, -0.1) is 0 Å². The Morgan fingerprint density at radius 2 is 2.09 bits per heavy atom. The van der Waals surface area contributed by atoms with Crippen LogP contribution in [0.1, 0.15) is 11.5 Å². The molecule has 2 atom stereocenters. The SMILES string of the molecule is CN(CC1OCCNCC1c1ccc(Cl)c(Cl)c1)S(C)(=O)=O. The molecule has 8 heteroatoms. The molecule has 0 bridgehead atoms. The molecular formula is C14H20Cl2N2O3S. The molecule has 0 radical (unpaired) electrons. The molecule has 1 fully saturated rings. The van der Waals surface area contributed by atoms with Crippen LogP contribution < -0.4 is 5.32 Å². The van der Waals surface area contributed by atoms with Gasteiger partial charge in [0.15, 0.2) is 0 Å². The Balaban J connectivity index is 2.25. The van der Waals surface area contributed by atoms with Crippen molar-refractivity contribution in [3.05, 3.63) is 33.8 Å². The number of hydrogen-bond donors (Lipinski definition) is 1. The Kier molecular flexibility index (Phi) is 6.10. The van der Waals surface area contributed by atoms with Gasteiger partial charge in [-0.25, -0.2) is 12.7 Å². The summed E-state index contributed by atoms with van der Waals surface area (Å²) in [6.45, 7) is 2.27. The van der Waals surface area contributed by atoms with E-state index in [0.717, 1.165) is 12.1 Å². The van der Waals surface area contributed by atoms with Crippen molar-refractivity contribution in [1.29, 1.82) is 0 Å². The van der Waals surface area contributed by atoms with Crippen LogP contribution >= 0.6 is 23.2 Å². The van der Waals surface area contributed by atoms with Crippen LogP contribution in [0, 0.1) is 0 Å². The first kappa shape index (κ1) is 18.0. The first-order valence-corrected chi connectivity index (χ1v) is 9.58. The third-order valence-corrected chi connectivity index (χ3v) is 5.82. The molecule has 1 N–H and O–H groups in total. The van der Waals surface area contributed by atoms with Crippen molar-refractivity contribution < 1.29 is 13.2 Å². The Morgan fingerprint density at radius 1 is 1.36 bits per heavy atom. The van der Waals surface area contributed by atoms with E-state index in [1.54, 1.807) is 13.1 Å². The Bertz CT molecular complexity index is 625. The highest BCUT2D eigenvalue weighted by molar-refractivity contribution is 7.88. The van der Waals surface area contributed by atoms with Crippen molar-refractivity contribution in [3.8, 4) is 0 Å². The quantitative estimate of drug-likeness (QED) is 0.884. The summed E-state index contributed by atoms with van der Waals surface area (Å²) in [5.41, 5.74) is 0.982. The van der Waals surface area contributed by atoms with Gasteiger partial charge in [-0.2, -0.15) is 0 Å². The zero-order chi connectivity index (χ0) is 16.3. The van der Waals surface area contributed by atoms with Crippen LogP contribution in [0.15, 0.2) is 18.2 Å². The minimum Gasteiger partial charge on any atom is -0.375 e. The summed E-state index contributed by atoms with van der Waals surface area (Å²) in [5.74, 6) is 0.00136. The Hall–Kier alpha value is -0.370. The number of rotatable bonds is 4. The number of nitrogens with zero attached hydrogens (tertiary/aromatic N) is 1. The second-order valence-electron chi connectivity index (χ2n) is 5.44. The third kappa shape index (κ3) is 4.57. The maximum atomic E-state index is 11.6. The number of ether oxygens (including phenoxy) is 1. The lowest BCUT2D eigenvalue weighted by atomic mass is 9.93. The smallest absolute Gasteiger partial charge is 0.211 e. The average molecular weight is 367 g/mol. The summed E-state index contributed by atoms with van der Waals surface area (Å²) in [6.07, 6.45) is 0.947. The molecule has 1 heterocycles. The van der Waals surface area contributed by atoms with Gasteiger partial charge in [0.2, 0.25) is 10.0 Å². The van der Waals surface area contributed by atoms with Crippen molar-refractivity contribution in [3.63, 3.8) is 0 Å². The van der Waals surface area contributed by atoms with Crippen LogP contribution in [0.5, 0.6) is 0 Å². The van der Waals surface area contributed by atoms with Gasteiger partial charge in [-0.05, 0) is 17.7 Å². The molecule has 0 spiro atoms. The van der Waals surface area contributed by atoms with Crippen molar-refractivity contribution in [2.24, 2.45) is 0 Å². The maximum Gasteiger partial charge on any atom is 0.211 e. The molecule has 124 valence electrons. The van der Waals surface area contributed by atoms with E-state index >= 15 is 0 Å². The second kappa shape index (κ2) is 7.47. The van der Waals surface area contributed by atoms with Gasteiger partial charge in [0.1, 0.15) is 0 Å². The van der Waals surface area contributed by atoms with E-state index in [1.807, 2.05) is 12.1 Å². The predicted octanol–water partition coefficient (Wildman–Crippen LogP) is 1.96. The molecule has 1 saturated heterocycles. The highest BCUT2D eigenvalue weighted by atomic mass is 35.5. The van der Waals surface area contributed by atoms with E-state index in [2.05, 4.69) is 5.32 Å². The lowest BCUT2D eigenvalue weighted by molar-refractivity contribution is 0.0422. The predicted molar refractivity (Wildman–Crippen MR) is 89.3 cm³/mol.